The Bertz CT molecular complexity index is 2090. The van der Waals surface area contributed by atoms with E-state index in [4.69, 9.17) is 0 Å². The standard InChI is InChI=1S/C20H16N4O12S4/c25-37(26,27)17-9-1-2-10(21-9)18(38(28,29)30)12-5-6-14(23-12)20(40(34,35)36)16-8-7-15(24-16)19(39(31,32)33)13-4-3-11(17)22-13/h1-8,21-24H,(H,25,26,27)(H,28,29,30)(H,31,32,33)(H,34,35,36). The lowest BCUT2D eigenvalue weighted by molar-refractivity contribution is 0.493. The highest BCUT2D eigenvalue weighted by Crippen LogP contribution is 2.24. The van der Waals surface area contributed by atoms with E-state index in [1.807, 2.05) is 0 Å². The normalized spacial score (nSPS) is 15.1. The molecular formula is C20H16N4O12S4. The van der Waals surface area contributed by atoms with Gasteiger partial charge in [0.25, 0.3) is 40.5 Å². The Morgan fingerprint density at radius 2 is 0.550 bits per heavy atom. The van der Waals surface area contributed by atoms with Crippen molar-refractivity contribution in [2.45, 2.75) is 0 Å². The Hall–Kier alpha value is -3.76. The SMILES string of the molecule is O=S(=O)(O)C1=c2ccc([nH]2)=C(S(=O)(=O)O)c2ccc([nH]2)C(S(=O)(=O)O)=c2ccc([nH]2)=C(S(=O)(=O)O)c2ccc1[nH]2. The van der Waals surface area contributed by atoms with Crippen LogP contribution in [-0.2, 0) is 40.5 Å². The van der Waals surface area contributed by atoms with Gasteiger partial charge in [0.1, 0.15) is 19.6 Å². The molecule has 0 aromatic carbocycles. The lowest BCUT2D eigenvalue weighted by atomic mass is 10.3. The fraction of sp³-hybridized carbons (Fsp3) is 0. The molecule has 8 bridgehead atoms. The van der Waals surface area contributed by atoms with E-state index in [0.29, 0.717) is 0 Å². The molecule has 1 aliphatic rings. The second-order valence-electron chi connectivity index (χ2n) is 8.36. The second kappa shape index (κ2) is 8.87. The summed E-state index contributed by atoms with van der Waals surface area (Å²) < 4.78 is 139. The van der Waals surface area contributed by atoms with Crippen molar-refractivity contribution in [3.63, 3.8) is 0 Å². The number of H-pyrrole nitrogens is 4. The van der Waals surface area contributed by atoms with Crippen molar-refractivity contribution < 1.29 is 51.9 Å². The third-order valence-electron chi connectivity index (χ3n) is 5.73. The van der Waals surface area contributed by atoms with Crippen LogP contribution in [0.5, 0.6) is 0 Å². The van der Waals surface area contributed by atoms with Crippen molar-refractivity contribution in [1.82, 2.24) is 19.9 Å². The van der Waals surface area contributed by atoms with Crippen molar-refractivity contribution >= 4 is 60.1 Å². The molecule has 5 rings (SSSR count). The highest BCUT2D eigenvalue weighted by atomic mass is 32.2. The molecule has 0 unspecified atom stereocenters. The van der Waals surface area contributed by atoms with Gasteiger partial charge in [0.15, 0.2) is 0 Å². The van der Waals surface area contributed by atoms with Gasteiger partial charge in [-0.3, -0.25) is 18.2 Å². The first-order chi connectivity index (χ1) is 18.4. The van der Waals surface area contributed by atoms with Gasteiger partial charge >= 0.3 is 0 Å². The van der Waals surface area contributed by atoms with E-state index in [-0.39, 0.29) is 0 Å². The Kier molecular flexibility index (Phi) is 6.16. The average Bonchev–Trinajstić information content (AvgIpc) is 3.55. The largest absolute Gasteiger partial charge is 0.353 e. The van der Waals surface area contributed by atoms with Gasteiger partial charge < -0.3 is 19.9 Å². The van der Waals surface area contributed by atoms with Crippen LogP contribution in [0.1, 0.15) is 22.8 Å². The van der Waals surface area contributed by atoms with Gasteiger partial charge in [0.05, 0.1) is 44.2 Å². The summed E-state index contributed by atoms with van der Waals surface area (Å²) in [6.45, 7) is 0. The number of aromatic nitrogens is 4. The monoisotopic (exact) mass is 632 g/mol. The molecule has 212 valence electrons. The minimum absolute atomic E-state index is 0.410. The summed E-state index contributed by atoms with van der Waals surface area (Å²) in [5.41, 5.74) is -1.64. The Balaban J connectivity index is 2.10. The highest BCUT2D eigenvalue weighted by Gasteiger charge is 2.28. The maximum atomic E-state index is 12.4. The molecular weight excluding hydrogens is 617 g/mol. The average molecular weight is 633 g/mol. The minimum atomic E-state index is -5.10. The Morgan fingerprint density at radius 1 is 0.350 bits per heavy atom. The first kappa shape index (κ1) is 27.8. The molecule has 0 radical (unpaired) electrons. The molecule has 0 aliphatic carbocycles. The molecule has 5 heterocycles. The molecule has 0 saturated carbocycles. The minimum Gasteiger partial charge on any atom is -0.353 e. The molecule has 0 atom stereocenters. The lowest BCUT2D eigenvalue weighted by Gasteiger charge is -2.04. The van der Waals surface area contributed by atoms with E-state index >= 15 is 0 Å². The second-order valence-corrected chi connectivity index (χ2v) is 13.8. The molecule has 1 aliphatic heterocycles. The summed E-state index contributed by atoms with van der Waals surface area (Å²) in [5.74, 6) is 0. The summed E-state index contributed by atoms with van der Waals surface area (Å²) in [6, 6.07) is 8.27. The molecule has 4 aromatic heterocycles. The molecule has 8 N–H and O–H groups in total. The predicted octanol–water partition coefficient (Wildman–Crippen LogP) is -2.51. The number of nitrogens with one attached hydrogen (secondary N) is 4. The van der Waals surface area contributed by atoms with Crippen LogP contribution in [0.3, 0.4) is 0 Å². The molecule has 0 saturated heterocycles. The molecule has 40 heavy (non-hydrogen) atoms. The molecule has 0 fully saturated rings. The van der Waals surface area contributed by atoms with Crippen LogP contribution < -0.4 is 21.4 Å². The number of aromatic amines is 4. The number of hydrogen-bond acceptors (Lipinski definition) is 8. The van der Waals surface area contributed by atoms with Gasteiger partial charge in [-0.05, 0) is 48.5 Å². The van der Waals surface area contributed by atoms with Crippen molar-refractivity contribution in [3.05, 3.63) is 92.7 Å². The van der Waals surface area contributed by atoms with Crippen LogP contribution in [0.2, 0.25) is 0 Å². The van der Waals surface area contributed by atoms with E-state index in [1.54, 1.807) is 0 Å². The highest BCUT2D eigenvalue weighted by molar-refractivity contribution is 7.96. The number of fused-ring (bicyclic) bond motifs is 8. The number of hydrogen-bond donors (Lipinski definition) is 8. The summed E-state index contributed by atoms with van der Waals surface area (Å²) >= 11 is 0. The Morgan fingerprint density at radius 3 is 0.725 bits per heavy atom. The predicted molar refractivity (Wildman–Crippen MR) is 138 cm³/mol. The fourth-order valence-electron chi connectivity index (χ4n) is 4.33. The lowest BCUT2D eigenvalue weighted by Crippen LogP contribution is -2.23. The van der Waals surface area contributed by atoms with Crippen molar-refractivity contribution in [1.29, 1.82) is 0 Å². The first-order valence-corrected chi connectivity index (χ1v) is 16.3. The zero-order chi connectivity index (χ0) is 29.4. The van der Waals surface area contributed by atoms with Crippen LogP contribution in [0, 0.1) is 0 Å². The summed E-state index contributed by atoms with van der Waals surface area (Å²) in [5, 5.41) is -1.64. The van der Waals surface area contributed by atoms with Gasteiger partial charge in [-0.1, -0.05) is 0 Å². The van der Waals surface area contributed by atoms with E-state index in [0.717, 1.165) is 48.5 Å². The zero-order valence-corrected chi connectivity index (χ0v) is 22.6. The van der Waals surface area contributed by atoms with E-state index in [2.05, 4.69) is 19.9 Å². The Labute approximate surface area is 224 Å². The quantitative estimate of drug-likeness (QED) is 0.108. The van der Waals surface area contributed by atoms with E-state index in [1.165, 1.54) is 0 Å². The first-order valence-electron chi connectivity index (χ1n) is 10.5. The summed E-state index contributed by atoms with van der Waals surface area (Å²) in [7, 11) is -20.4. The molecule has 0 amide bonds. The van der Waals surface area contributed by atoms with Gasteiger partial charge in [0, 0.05) is 0 Å². The molecule has 16 nitrogen and oxygen atoms in total. The fourth-order valence-corrected chi connectivity index (χ4v) is 7.51. The third kappa shape index (κ3) is 4.86. The van der Waals surface area contributed by atoms with Gasteiger partial charge in [-0.15, -0.1) is 0 Å². The number of rotatable bonds is 4. The maximum absolute atomic E-state index is 12.4. The molecule has 20 heteroatoms. The topological polar surface area (TPSA) is 281 Å². The van der Waals surface area contributed by atoms with Crippen LogP contribution >= 0.6 is 0 Å². The molecule has 4 aromatic rings. The molecule has 0 spiro atoms. The van der Waals surface area contributed by atoms with Crippen LogP contribution in [0.4, 0.5) is 0 Å². The van der Waals surface area contributed by atoms with Gasteiger partial charge in [0.2, 0.25) is 0 Å². The smallest absolute Gasteiger partial charge is 0.298 e. The van der Waals surface area contributed by atoms with Crippen molar-refractivity contribution in [2.24, 2.45) is 0 Å². The van der Waals surface area contributed by atoms with Crippen LogP contribution in [0.15, 0.2) is 48.5 Å². The zero-order valence-electron chi connectivity index (χ0n) is 19.3. The van der Waals surface area contributed by atoms with Crippen LogP contribution in [-0.4, -0.2) is 71.8 Å². The van der Waals surface area contributed by atoms with Gasteiger partial charge in [-0.25, -0.2) is 0 Å². The maximum Gasteiger partial charge on any atom is 0.298 e. The van der Waals surface area contributed by atoms with Crippen molar-refractivity contribution in [3.8, 4) is 0 Å². The van der Waals surface area contributed by atoms with Crippen molar-refractivity contribution in [2.75, 3.05) is 0 Å². The van der Waals surface area contributed by atoms with Gasteiger partial charge in [-0.2, -0.15) is 33.7 Å². The van der Waals surface area contributed by atoms with E-state index < -0.39 is 104 Å². The third-order valence-corrected chi connectivity index (χ3v) is 9.56. The summed E-state index contributed by atoms with van der Waals surface area (Å²) in [6.07, 6.45) is 0. The van der Waals surface area contributed by atoms with Crippen LogP contribution in [0.25, 0.3) is 19.6 Å². The summed E-state index contributed by atoms with van der Waals surface area (Å²) in [4.78, 5) is 6.34. The van der Waals surface area contributed by atoms with E-state index in [9.17, 15) is 51.9 Å².